The molecule has 1 amide bonds. The summed E-state index contributed by atoms with van der Waals surface area (Å²) in [5.74, 6) is -0.00883. The summed E-state index contributed by atoms with van der Waals surface area (Å²) >= 11 is 0. The zero-order valence-corrected chi connectivity index (χ0v) is 9.37. The van der Waals surface area contributed by atoms with E-state index >= 15 is 0 Å². The van der Waals surface area contributed by atoms with E-state index in [0.717, 1.165) is 5.69 Å². The maximum atomic E-state index is 11.9. The Bertz CT molecular complexity index is 508. The van der Waals surface area contributed by atoms with E-state index < -0.39 is 6.04 Å². The zero-order valence-electron chi connectivity index (χ0n) is 9.37. The van der Waals surface area contributed by atoms with E-state index in [0.29, 0.717) is 0 Å². The third kappa shape index (κ3) is 2.60. The van der Waals surface area contributed by atoms with E-state index in [1.54, 1.807) is 6.92 Å². The maximum Gasteiger partial charge on any atom is 0.249 e. The number of anilines is 2. The predicted octanol–water partition coefficient (Wildman–Crippen LogP) is 1.06. The summed E-state index contributed by atoms with van der Waals surface area (Å²) < 4.78 is 1.42. The van der Waals surface area contributed by atoms with Crippen molar-refractivity contribution in [2.24, 2.45) is 0 Å². The molecular weight excluding hydrogens is 218 g/mol. The molecule has 0 aliphatic rings. The lowest BCUT2D eigenvalue weighted by Gasteiger charge is -2.11. The van der Waals surface area contributed by atoms with Crippen molar-refractivity contribution in [3.05, 3.63) is 36.7 Å². The van der Waals surface area contributed by atoms with Crippen molar-refractivity contribution in [2.75, 3.05) is 11.1 Å². The highest BCUT2D eigenvalue weighted by Crippen LogP contribution is 2.10. The molecule has 0 aliphatic carbocycles. The molecular formula is C11H13N5O. The van der Waals surface area contributed by atoms with E-state index in [1.807, 2.05) is 30.3 Å². The number of hydrogen-bond donors (Lipinski definition) is 2. The molecule has 0 bridgehead atoms. The van der Waals surface area contributed by atoms with Gasteiger partial charge in [0.25, 0.3) is 0 Å². The minimum absolute atomic E-state index is 0.157. The molecule has 17 heavy (non-hydrogen) atoms. The van der Waals surface area contributed by atoms with Gasteiger partial charge in [-0.1, -0.05) is 18.2 Å². The van der Waals surface area contributed by atoms with Crippen LogP contribution in [-0.2, 0) is 4.79 Å². The number of hydrogen-bond acceptors (Lipinski definition) is 4. The van der Waals surface area contributed by atoms with Gasteiger partial charge in [0.1, 0.15) is 12.4 Å². The van der Waals surface area contributed by atoms with E-state index in [9.17, 15) is 4.79 Å². The maximum absolute atomic E-state index is 11.9. The van der Waals surface area contributed by atoms with Crippen molar-refractivity contribution in [3.8, 4) is 0 Å². The number of nitrogens with zero attached hydrogens (tertiary/aromatic N) is 3. The molecule has 3 N–H and O–H groups in total. The minimum atomic E-state index is -0.458. The van der Waals surface area contributed by atoms with Crippen molar-refractivity contribution in [2.45, 2.75) is 13.0 Å². The molecule has 1 unspecified atom stereocenters. The van der Waals surface area contributed by atoms with Crippen molar-refractivity contribution in [3.63, 3.8) is 0 Å². The quantitative estimate of drug-likeness (QED) is 0.827. The molecule has 6 heteroatoms. The second kappa shape index (κ2) is 4.65. The van der Waals surface area contributed by atoms with Crippen molar-refractivity contribution < 1.29 is 4.79 Å². The van der Waals surface area contributed by atoms with Gasteiger partial charge >= 0.3 is 0 Å². The fourth-order valence-corrected chi connectivity index (χ4v) is 1.36. The van der Waals surface area contributed by atoms with Gasteiger partial charge in [-0.15, -0.1) is 5.10 Å². The van der Waals surface area contributed by atoms with Gasteiger partial charge in [0.15, 0.2) is 0 Å². The monoisotopic (exact) mass is 231 g/mol. The van der Waals surface area contributed by atoms with Crippen molar-refractivity contribution >= 4 is 17.5 Å². The van der Waals surface area contributed by atoms with Gasteiger partial charge in [0, 0.05) is 5.69 Å². The molecule has 0 spiro atoms. The molecule has 88 valence electrons. The Hall–Kier alpha value is -2.37. The van der Waals surface area contributed by atoms with Crippen LogP contribution in [-0.4, -0.2) is 20.7 Å². The second-order valence-electron chi connectivity index (χ2n) is 3.61. The topological polar surface area (TPSA) is 85.8 Å². The van der Waals surface area contributed by atoms with Gasteiger partial charge in [-0.2, -0.15) is 0 Å². The first-order chi connectivity index (χ1) is 8.16. The Kier molecular flexibility index (Phi) is 3.04. The number of carbonyl (C=O) groups excluding carboxylic acids is 1. The number of nitrogen functional groups attached to an aromatic ring is 1. The van der Waals surface area contributed by atoms with Crippen LogP contribution in [0, 0.1) is 0 Å². The van der Waals surface area contributed by atoms with E-state index in [4.69, 9.17) is 5.73 Å². The van der Waals surface area contributed by atoms with Crippen LogP contribution >= 0.6 is 0 Å². The lowest BCUT2D eigenvalue weighted by Crippen LogP contribution is -2.24. The van der Waals surface area contributed by atoms with Gasteiger partial charge in [0.2, 0.25) is 11.9 Å². The molecule has 2 rings (SSSR count). The van der Waals surface area contributed by atoms with Gasteiger partial charge in [-0.25, -0.2) is 9.67 Å². The standard InChI is InChI=1S/C11H13N5O/c1-8(16-7-13-11(12)15-16)10(17)14-9-5-3-2-4-6-9/h2-8H,1H3,(H2,12,15)(H,14,17). The van der Waals surface area contributed by atoms with Gasteiger partial charge in [-0.05, 0) is 19.1 Å². The highest BCUT2D eigenvalue weighted by Gasteiger charge is 2.16. The van der Waals surface area contributed by atoms with Gasteiger partial charge in [-0.3, -0.25) is 4.79 Å². The minimum Gasteiger partial charge on any atom is -0.367 e. The molecule has 0 aliphatic heterocycles. The molecule has 0 saturated carbocycles. The second-order valence-corrected chi connectivity index (χ2v) is 3.61. The average molecular weight is 231 g/mol. The first kappa shape index (κ1) is 11.1. The number of rotatable bonds is 3. The van der Waals surface area contributed by atoms with Crippen LogP contribution in [0.4, 0.5) is 11.6 Å². The van der Waals surface area contributed by atoms with Crippen LogP contribution in [0.25, 0.3) is 0 Å². The van der Waals surface area contributed by atoms with Gasteiger partial charge < -0.3 is 11.1 Å². The molecule has 1 atom stereocenters. The van der Waals surface area contributed by atoms with Crippen LogP contribution in [0.2, 0.25) is 0 Å². The Labute approximate surface area is 98.5 Å². The average Bonchev–Trinajstić information content (AvgIpc) is 2.76. The van der Waals surface area contributed by atoms with E-state index in [2.05, 4.69) is 15.4 Å². The van der Waals surface area contributed by atoms with E-state index in [1.165, 1.54) is 11.0 Å². The summed E-state index contributed by atoms with van der Waals surface area (Å²) in [6, 6.07) is 8.78. The summed E-state index contributed by atoms with van der Waals surface area (Å²) in [5.41, 5.74) is 6.14. The SMILES string of the molecule is CC(C(=O)Nc1ccccc1)n1cnc(N)n1. The Morgan fingerprint density at radius 3 is 2.71 bits per heavy atom. The molecule has 1 aromatic heterocycles. The molecule has 2 aromatic rings. The number of carbonyl (C=O) groups is 1. The molecule has 1 heterocycles. The summed E-state index contributed by atoms with van der Waals surface area (Å²) in [5, 5.41) is 6.68. The van der Waals surface area contributed by atoms with Crippen molar-refractivity contribution in [1.82, 2.24) is 14.8 Å². The molecule has 6 nitrogen and oxygen atoms in total. The number of aromatic nitrogens is 3. The third-order valence-electron chi connectivity index (χ3n) is 2.34. The normalized spacial score (nSPS) is 12.1. The highest BCUT2D eigenvalue weighted by atomic mass is 16.2. The van der Waals surface area contributed by atoms with Crippen LogP contribution in [0.5, 0.6) is 0 Å². The third-order valence-corrected chi connectivity index (χ3v) is 2.34. The lowest BCUT2D eigenvalue weighted by atomic mass is 10.3. The summed E-state index contributed by atoms with van der Waals surface area (Å²) in [6.07, 6.45) is 1.44. The Balaban J connectivity index is 2.06. The van der Waals surface area contributed by atoms with E-state index in [-0.39, 0.29) is 11.9 Å². The predicted molar refractivity (Wildman–Crippen MR) is 64.2 cm³/mol. The summed E-state index contributed by atoms with van der Waals surface area (Å²) in [6.45, 7) is 1.73. The summed E-state index contributed by atoms with van der Waals surface area (Å²) in [4.78, 5) is 15.7. The first-order valence-electron chi connectivity index (χ1n) is 5.19. The largest absolute Gasteiger partial charge is 0.367 e. The summed E-state index contributed by atoms with van der Waals surface area (Å²) in [7, 11) is 0. The van der Waals surface area contributed by atoms with Crippen LogP contribution < -0.4 is 11.1 Å². The Morgan fingerprint density at radius 2 is 2.12 bits per heavy atom. The number of benzene rings is 1. The number of amides is 1. The van der Waals surface area contributed by atoms with Gasteiger partial charge in [0.05, 0.1) is 0 Å². The molecule has 0 fully saturated rings. The molecule has 1 aromatic carbocycles. The van der Waals surface area contributed by atoms with Crippen molar-refractivity contribution in [1.29, 1.82) is 0 Å². The fraction of sp³-hybridized carbons (Fsp3) is 0.182. The molecule has 0 saturated heterocycles. The number of nitrogens with two attached hydrogens (primary N) is 1. The fourth-order valence-electron chi connectivity index (χ4n) is 1.36. The van der Waals surface area contributed by atoms with Crippen LogP contribution in [0.3, 0.4) is 0 Å². The Morgan fingerprint density at radius 1 is 1.41 bits per heavy atom. The highest BCUT2D eigenvalue weighted by molar-refractivity contribution is 5.93. The molecule has 0 radical (unpaired) electrons. The first-order valence-corrected chi connectivity index (χ1v) is 5.19. The number of para-hydroxylation sites is 1. The zero-order chi connectivity index (χ0) is 12.3. The van der Waals surface area contributed by atoms with Crippen LogP contribution in [0.1, 0.15) is 13.0 Å². The lowest BCUT2D eigenvalue weighted by molar-refractivity contribution is -0.119. The smallest absolute Gasteiger partial charge is 0.249 e. The van der Waals surface area contributed by atoms with Crippen LogP contribution in [0.15, 0.2) is 36.7 Å². The number of nitrogens with one attached hydrogen (secondary N) is 1.